The predicted octanol–water partition coefficient (Wildman–Crippen LogP) is 0.155. The highest BCUT2D eigenvalue weighted by Gasteiger charge is 2.09. The van der Waals surface area contributed by atoms with Gasteiger partial charge in [-0.1, -0.05) is 12.1 Å². The molecule has 0 heterocycles. The Labute approximate surface area is 113 Å². The molecule has 1 aromatic rings. The topological polar surface area (TPSA) is 72.8 Å². The van der Waals surface area contributed by atoms with Crippen LogP contribution in [0.4, 0.5) is 5.69 Å². The summed E-state index contributed by atoms with van der Waals surface area (Å²) in [6, 6.07) is 7.45. The van der Waals surface area contributed by atoms with Gasteiger partial charge in [0.25, 0.3) is 0 Å². The number of carbonyl (C=O) groups excluding carboxylic acids is 1. The fourth-order valence-electron chi connectivity index (χ4n) is 1.67. The maximum atomic E-state index is 11.6. The van der Waals surface area contributed by atoms with E-state index in [0.717, 1.165) is 11.3 Å². The Morgan fingerprint density at radius 2 is 1.79 bits per heavy atom. The number of benzene rings is 1. The molecule has 0 spiro atoms. The van der Waals surface area contributed by atoms with Crippen LogP contribution in [0.1, 0.15) is 12.0 Å². The molecule has 1 rings (SSSR count). The summed E-state index contributed by atoms with van der Waals surface area (Å²) in [6.45, 7) is -0.500. The van der Waals surface area contributed by atoms with Crippen LogP contribution in [0.25, 0.3) is 0 Å². The molecule has 0 aromatic heterocycles. The molecule has 1 aromatic carbocycles. The largest absolute Gasteiger partial charge is 0.394 e. The normalized spacial score (nSPS) is 10.6. The van der Waals surface area contributed by atoms with E-state index in [1.807, 2.05) is 43.3 Å². The molecule has 0 atom stereocenters. The van der Waals surface area contributed by atoms with Crippen LogP contribution in [0.5, 0.6) is 0 Å². The molecule has 0 aliphatic rings. The average Bonchev–Trinajstić information content (AvgIpc) is 2.43. The lowest BCUT2D eigenvalue weighted by Gasteiger charge is -2.14. The zero-order valence-electron chi connectivity index (χ0n) is 11.5. The Hall–Kier alpha value is -1.59. The smallest absolute Gasteiger partial charge is 0.220 e. The molecule has 0 fully saturated rings. The number of hydrogen-bond donors (Lipinski definition) is 3. The molecule has 1 amide bonds. The number of rotatable bonds is 7. The first kappa shape index (κ1) is 15.5. The highest BCUT2D eigenvalue weighted by atomic mass is 16.3. The Morgan fingerprint density at radius 1 is 1.21 bits per heavy atom. The molecule has 5 heteroatoms. The van der Waals surface area contributed by atoms with Crippen LogP contribution >= 0.6 is 0 Å². The van der Waals surface area contributed by atoms with Gasteiger partial charge < -0.3 is 20.4 Å². The summed E-state index contributed by atoms with van der Waals surface area (Å²) >= 11 is 0. The van der Waals surface area contributed by atoms with E-state index in [0.29, 0.717) is 12.8 Å². The lowest BCUT2D eigenvalue weighted by Crippen LogP contribution is -2.40. The Morgan fingerprint density at radius 3 is 2.26 bits per heavy atom. The maximum absolute atomic E-state index is 11.6. The van der Waals surface area contributed by atoms with Gasteiger partial charge in [0.1, 0.15) is 0 Å². The van der Waals surface area contributed by atoms with Crippen molar-refractivity contribution in [1.82, 2.24) is 5.32 Å². The fourth-order valence-corrected chi connectivity index (χ4v) is 1.67. The average molecular weight is 266 g/mol. The molecule has 0 bridgehead atoms. The van der Waals surface area contributed by atoms with Crippen LogP contribution in [0.15, 0.2) is 24.3 Å². The van der Waals surface area contributed by atoms with E-state index in [1.165, 1.54) is 0 Å². The van der Waals surface area contributed by atoms with Crippen molar-refractivity contribution in [3.05, 3.63) is 29.8 Å². The number of anilines is 1. The summed E-state index contributed by atoms with van der Waals surface area (Å²) in [7, 11) is 3.96. The van der Waals surface area contributed by atoms with Crippen molar-refractivity contribution < 1.29 is 15.0 Å². The van der Waals surface area contributed by atoms with Crippen LogP contribution in [-0.2, 0) is 11.2 Å². The molecule has 0 aliphatic heterocycles. The van der Waals surface area contributed by atoms with Gasteiger partial charge in [-0.3, -0.25) is 4.79 Å². The summed E-state index contributed by atoms with van der Waals surface area (Å²) in [6.07, 6.45) is 0.987. The van der Waals surface area contributed by atoms with Crippen LogP contribution in [0.2, 0.25) is 0 Å². The van der Waals surface area contributed by atoms with E-state index in [-0.39, 0.29) is 19.1 Å². The lowest BCUT2D eigenvalue weighted by atomic mass is 10.1. The Bertz CT molecular complexity index is 386. The second-order valence-corrected chi connectivity index (χ2v) is 4.69. The minimum Gasteiger partial charge on any atom is -0.394 e. The number of carbonyl (C=O) groups is 1. The summed E-state index contributed by atoms with van der Waals surface area (Å²) in [4.78, 5) is 13.6. The Kier molecular flexibility index (Phi) is 6.32. The van der Waals surface area contributed by atoms with Gasteiger partial charge in [-0.15, -0.1) is 0 Å². The number of aliphatic hydroxyl groups excluding tert-OH is 2. The molecule has 0 unspecified atom stereocenters. The quantitative estimate of drug-likeness (QED) is 0.657. The van der Waals surface area contributed by atoms with E-state index in [1.54, 1.807) is 0 Å². The standard InChI is InChI=1S/C14H22N2O3/c1-16(2)13-6-3-11(4-7-13)5-8-14(19)15-12(9-17)10-18/h3-4,6-7,12,17-18H,5,8-10H2,1-2H3,(H,15,19). The van der Waals surface area contributed by atoms with Crippen molar-refractivity contribution in [3.63, 3.8) is 0 Å². The molecular formula is C14H22N2O3. The van der Waals surface area contributed by atoms with Crippen LogP contribution in [-0.4, -0.2) is 49.5 Å². The molecule has 3 N–H and O–H groups in total. The third-order valence-electron chi connectivity index (χ3n) is 2.90. The van der Waals surface area contributed by atoms with Gasteiger partial charge in [0.15, 0.2) is 0 Å². The number of nitrogens with one attached hydrogen (secondary N) is 1. The summed E-state index contributed by atoms with van der Waals surface area (Å²) < 4.78 is 0. The second kappa shape index (κ2) is 7.76. The van der Waals surface area contributed by atoms with Crippen LogP contribution in [0, 0.1) is 0 Å². The lowest BCUT2D eigenvalue weighted by molar-refractivity contribution is -0.122. The second-order valence-electron chi connectivity index (χ2n) is 4.69. The number of aliphatic hydroxyl groups is 2. The fraction of sp³-hybridized carbons (Fsp3) is 0.500. The number of nitrogens with zero attached hydrogens (tertiary/aromatic N) is 1. The summed E-state index contributed by atoms with van der Waals surface area (Å²) in [5.41, 5.74) is 2.21. The highest BCUT2D eigenvalue weighted by molar-refractivity contribution is 5.76. The first-order chi connectivity index (χ1) is 9.06. The Balaban J connectivity index is 2.41. The molecule has 106 valence electrons. The summed E-state index contributed by atoms with van der Waals surface area (Å²) in [5, 5.41) is 20.3. The van der Waals surface area contributed by atoms with Gasteiger partial charge in [-0.05, 0) is 24.1 Å². The first-order valence-electron chi connectivity index (χ1n) is 6.34. The molecule has 19 heavy (non-hydrogen) atoms. The van der Waals surface area contributed by atoms with Crippen molar-refractivity contribution in [2.45, 2.75) is 18.9 Å². The molecule has 0 saturated heterocycles. The zero-order chi connectivity index (χ0) is 14.3. The van der Waals surface area contributed by atoms with E-state index in [2.05, 4.69) is 5.32 Å². The number of aryl methyl sites for hydroxylation is 1. The van der Waals surface area contributed by atoms with Crippen molar-refractivity contribution in [3.8, 4) is 0 Å². The van der Waals surface area contributed by atoms with E-state index in [9.17, 15) is 4.79 Å². The number of amides is 1. The SMILES string of the molecule is CN(C)c1ccc(CCC(=O)NC(CO)CO)cc1. The maximum Gasteiger partial charge on any atom is 0.220 e. The third kappa shape index (κ3) is 5.28. The van der Waals surface area contributed by atoms with Gasteiger partial charge in [0.05, 0.1) is 19.3 Å². The monoisotopic (exact) mass is 266 g/mol. The van der Waals surface area contributed by atoms with Crippen molar-refractivity contribution in [2.75, 3.05) is 32.2 Å². The molecule has 0 aliphatic carbocycles. The van der Waals surface area contributed by atoms with Crippen molar-refractivity contribution in [2.24, 2.45) is 0 Å². The third-order valence-corrected chi connectivity index (χ3v) is 2.90. The minimum atomic E-state index is -0.566. The minimum absolute atomic E-state index is 0.162. The van der Waals surface area contributed by atoms with Gasteiger partial charge in [-0.25, -0.2) is 0 Å². The van der Waals surface area contributed by atoms with Gasteiger partial charge in [0, 0.05) is 26.2 Å². The summed E-state index contributed by atoms with van der Waals surface area (Å²) in [5.74, 6) is -0.162. The first-order valence-corrected chi connectivity index (χ1v) is 6.34. The van der Waals surface area contributed by atoms with Crippen molar-refractivity contribution in [1.29, 1.82) is 0 Å². The van der Waals surface area contributed by atoms with Gasteiger partial charge in [-0.2, -0.15) is 0 Å². The van der Waals surface area contributed by atoms with E-state index in [4.69, 9.17) is 10.2 Å². The van der Waals surface area contributed by atoms with Crippen LogP contribution < -0.4 is 10.2 Å². The highest BCUT2D eigenvalue weighted by Crippen LogP contribution is 2.13. The zero-order valence-corrected chi connectivity index (χ0v) is 11.5. The van der Waals surface area contributed by atoms with Crippen LogP contribution in [0.3, 0.4) is 0 Å². The van der Waals surface area contributed by atoms with Crippen molar-refractivity contribution >= 4 is 11.6 Å². The number of hydrogen-bond acceptors (Lipinski definition) is 4. The molecule has 5 nitrogen and oxygen atoms in total. The molecular weight excluding hydrogens is 244 g/mol. The predicted molar refractivity (Wildman–Crippen MR) is 75.2 cm³/mol. The molecule has 0 saturated carbocycles. The van der Waals surface area contributed by atoms with Gasteiger partial charge >= 0.3 is 0 Å². The van der Waals surface area contributed by atoms with E-state index < -0.39 is 6.04 Å². The van der Waals surface area contributed by atoms with Gasteiger partial charge in [0.2, 0.25) is 5.91 Å². The van der Waals surface area contributed by atoms with E-state index >= 15 is 0 Å². The molecule has 0 radical (unpaired) electrons.